The molecular weight excluding hydrogens is 1130 g/mol. The summed E-state index contributed by atoms with van der Waals surface area (Å²) < 4.78 is 70.1. The second-order valence-corrected chi connectivity index (χ2v) is 27.1. The smallest absolute Gasteiger partial charge is 0.361 e. The van der Waals surface area contributed by atoms with Gasteiger partial charge in [-0.25, -0.2) is 30.8 Å². The van der Waals surface area contributed by atoms with Gasteiger partial charge in [0.2, 0.25) is 11.6 Å². The van der Waals surface area contributed by atoms with Crippen molar-refractivity contribution in [2.24, 2.45) is 14.1 Å². The Bertz CT molecular complexity index is 2950. The van der Waals surface area contributed by atoms with Crippen molar-refractivity contribution in [1.29, 1.82) is 0 Å². The van der Waals surface area contributed by atoms with Crippen LogP contribution in [0, 0.1) is 34.6 Å². The van der Waals surface area contributed by atoms with Crippen molar-refractivity contribution in [3.05, 3.63) is 116 Å². The van der Waals surface area contributed by atoms with Crippen LogP contribution in [0.25, 0.3) is 0 Å². The molecule has 0 saturated heterocycles. The van der Waals surface area contributed by atoms with Gasteiger partial charge in [-0.05, 0) is 131 Å². The van der Waals surface area contributed by atoms with Crippen LogP contribution >= 0.6 is 23.5 Å². The molecule has 0 spiro atoms. The number of fused-ring (bicyclic) bond motifs is 6. The molecule has 3 aromatic heterocycles. The predicted molar refractivity (Wildman–Crippen MR) is 337 cm³/mol. The Morgan fingerprint density at radius 1 is 0.446 bits per heavy atom. The minimum absolute atomic E-state index is 0.128. The van der Waals surface area contributed by atoms with Gasteiger partial charge in [-0.1, -0.05) is 164 Å². The Morgan fingerprint density at radius 2 is 0.759 bits per heavy atom. The first kappa shape index (κ1) is 70.9. The summed E-state index contributed by atoms with van der Waals surface area (Å²) in [6.45, 7) is 13.1. The van der Waals surface area contributed by atoms with E-state index in [-0.39, 0.29) is 21.0 Å². The summed E-state index contributed by atoms with van der Waals surface area (Å²) in [6.07, 6.45) is 31.8. The molecule has 462 valence electrons. The van der Waals surface area contributed by atoms with Crippen molar-refractivity contribution < 1.29 is 35.1 Å². The highest BCUT2D eigenvalue weighted by Crippen LogP contribution is 2.21. The van der Waals surface area contributed by atoms with Crippen LogP contribution in [-0.4, -0.2) is 69.6 Å². The molecule has 5 aromatic rings. The third kappa shape index (κ3) is 28.4. The third-order valence-corrected chi connectivity index (χ3v) is 19.0. The molecule has 20 heteroatoms. The van der Waals surface area contributed by atoms with E-state index in [2.05, 4.69) is 59.8 Å². The maximum Gasteiger partial charge on any atom is 0.361 e. The number of hydrogen-bond acceptors (Lipinski definition) is 14. The summed E-state index contributed by atoms with van der Waals surface area (Å²) in [7, 11) is -4.28. The molecule has 2 N–H and O–H groups in total. The number of hydrogen-bond donors (Lipinski definition) is 2. The van der Waals surface area contributed by atoms with Gasteiger partial charge in [0.1, 0.15) is 31.6 Å². The van der Waals surface area contributed by atoms with E-state index in [4.69, 9.17) is 9.97 Å². The Kier molecular flexibility index (Phi) is 33.4. The van der Waals surface area contributed by atoms with Crippen LogP contribution in [0.3, 0.4) is 0 Å². The molecule has 0 saturated carbocycles. The molecule has 2 aromatic carbocycles. The van der Waals surface area contributed by atoms with E-state index >= 15 is 0 Å². The zero-order valence-corrected chi connectivity index (χ0v) is 54.3. The Morgan fingerprint density at radius 3 is 1.11 bits per heavy atom. The van der Waals surface area contributed by atoms with Crippen LogP contribution in [0.2, 0.25) is 0 Å². The van der Waals surface area contributed by atoms with E-state index in [9.17, 15) is 35.5 Å². The predicted octanol–water partition coefficient (Wildman–Crippen LogP) is 12.7. The van der Waals surface area contributed by atoms with Gasteiger partial charge in [-0.3, -0.25) is 13.9 Å². The SMILES string of the molecule is Cc1cc(=O)n2c(=O)n1CCCCCCCCCCSc1nc(cc(C)[n+]1C)NCCCCCCCCCCCCNc1cc(C)[n+](C)c(n1)SCCCCCCCCCC2.Cc1ccc(S(=O)(=O)[O-])cc1.Cc1ccc(S(=O)(=O)[O-])cc1. The molecule has 83 heavy (non-hydrogen) atoms. The second-order valence-electron chi connectivity index (χ2n) is 22.2. The molecular formula is C63H98N8O8S4. The van der Waals surface area contributed by atoms with Gasteiger partial charge in [0.15, 0.2) is 0 Å². The van der Waals surface area contributed by atoms with Crippen molar-refractivity contribution in [3.8, 4) is 0 Å². The third-order valence-electron chi connectivity index (χ3n) is 15.1. The fraction of sp³-hybridized carbons (Fsp3) is 0.619. The fourth-order valence-electron chi connectivity index (χ4n) is 9.65. The molecule has 1 aliphatic rings. The van der Waals surface area contributed by atoms with Crippen LogP contribution in [0.5, 0.6) is 0 Å². The van der Waals surface area contributed by atoms with Crippen LogP contribution < -0.4 is 31.0 Å². The highest BCUT2D eigenvalue weighted by atomic mass is 32.2. The maximum atomic E-state index is 13.3. The summed E-state index contributed by atoms with van der Waals surface area (Å²) in [5, 5.41) is 9.42. The monoisotopic (exact) mass is 1220 g/mol. The quantitative estimate of drug-likeness (QED) is 0.0955. The number of aryl methyl sites for hydroxylation is 5. The standard InChI is InChI=1S/C49H82N8O2S2.2C7H8O3S/c1-41-38-44-50-32-26-20-14-8-6-7-9-15-21-27-33-51-45-39-42(2)55(5)48(53-45)61-37-31-25-19-13-11-17-23-29-35-57-46(58)40-43(3)56(49(57)59)34-28-22-16-10-12-18-24-30-36-60-47(52-44)54(41)4;2*1-6-2-4-7(5-3-6)11(8,9)10/h38-40H,6-37H2,1-5H3;2*2-5H,1H3,(H,8,9,10). The highest BCUT2D eigenvalue weighted by Gasteiger charge is 2.18. The van der Waals surface area contributed by atoms with Crippen molar-refractivity contribution in [2.75, 3.05) is 35.2 Å². The van der Waals surface area contributed by atoms with Crippen LogP contribution in [-0.2, 0) is 47.4 Å². The van der Waals surface area contributed by atoms with Crippen molar-refractivity contribution in [1.82, 2.24) is 19.1 Å². The largest absolute Gasteiger partial charge is 0.744 e. The molecule has 0 fully saturated rings. The summed E-state index contributed by atoms with van der Waals surface area (Å²) >= 11 is 3.76. The zero-order valence-electron chi connectivity index (χ0n) is 51.1. The van der Waals surface area contributed by atoms with Crippen LogP contribution in [0.4, 0.5) is 11.6 Å². The van der Waals surface area contributed by atoms with Gasteiger partial charge in [0, 0.05) is 61.6 Å². The zero-order chi connectivity index (χ0) is 60.5. The lowest BCUT2D eigenvalue weighted by molar-refractivity contribution is -0.718. The molecule has 0 radical (unpaired) electrons. The first-order valence-corrected chi connectivity index (χ1v) is 35.4. The van der Waals surface area contributed by atoms with Gasteiger partial charge in [-0.15, -0.1) is 0 Å². The number of anilines is 2. The molecule has 0 aliphatic carbocycles. The fourth-order valence-corrected chi connectivity index (χ4v) is 12.7. The highest BCUT2D eigenvalue weighted by molar-refractivity contribution is 7.99. The van der Waals surface area contributed by atoms with Gasteiger partial charge in [0.05, 0.1) is 23.9 Å². The number of aromatic nitrogens is 6. The van der Waals surface area contributed by atoms with Crippen LogP contribution in [0.15, 0.2) is 96.4 Å². The molecule has 0 atom stereocenters. The maximum absolute atomic E-state index is 13.3. The van der Waals surface area contributed by atoms with Crippen molar-refractivity contribution >= 4 is 55.4 Å². The summed E-state index contributed by atoms with van der Waals surface area (Å²) in [5.74, 6) is 4.21. The molecule has 1 aliphatic heterocycles. The first-order valence-electron chi connectivity index (χ1n) is 30.6. The summed E-state index contributed by atoms with van der Waals surface area (Å²) in [4.78, 5) is 35.7. The molecule has 0 amide bonds. The van der Waals surface area contributed by atoms with E-state index in [0.717, 1.165) is 95.5 Å². The summed E-state index contributed by atoms with van der Waals surface area (Å²) in [5.41, 5.74) is 4.84. The molecule has 4 heterocycles. The van der Waals surface area contributed by atoms with Gasteiger partial charge in [-0.2, -0.15) is 0 Å². The van der Waals surface area contributed by atoms with E-state index in [1.165, 1.54) is 175 Å². The van der Waals surface area contributed by atoms with Crippen molar-refractivity contribution in [3.63, 3.8) is 0 Å². The number of thioether (sulfide) groups is 2. The topological polar surface area (TPSA) is 216 Å². The number of benzene rings is 2. The lowest BCUT2D eigenvalue weighted by Gasteiger charge is -2.13. The first-order chi connectivity index (χ1) is 39.7. The molecule has 0 unspecified atom stereocenters. The number of nitrogens with one attached hydrogen (secondary N) is 2. The average molecular weight is 1220 g/mol. The Hall–Kier alpha value is -4.60. The van der Waals surface area contributed by atoms with Crippen LogP contribution in [0.1, 0.15) is 195 Å². The number of nitrogens with zero attached hydrogens (tertiary/aromatic N) is 6. The van der Waals surface area contributed by atoms with Gasteiger partial charge < -0.3 is 19.7 Å². The minimum atomic E-state index is -4.27. The Labute approximate surface area is 506 Å². The number of rotatable bonds is 2. The van der Waals surface area contributed by atoms with E-state index < -0.39 is 20.2 Å². The lowest BCUT2D eigenvalue weighted by atomic mass is 10.1. The summed E-state index contributed by atoms with van der Waals surface area (Å²) in [6, 6.07) is 17.6. The molecule has 16 nitrogen and oxygen atoms in total. The second kappa shape index (κ2) is 39.2. The molecule has 6 bridgehead atoms. The Balaban J connectivity index is 0.000000553. The normalized spacial score (nSPS) is 16.8. The van der Waals surface area contributed by atoms with E-state index in [1.54, 1.807) is 30.3 Å². The van der Waals surface area contributed by atoms with E-state index in [0.29, 0.717) is 13.1 Å². The van der Waals surface area contributed by atoms with Crippen molar-refractivity contribution in [2.45, 2.75) is 235 Å². The van der Waals surface area contributed by atoms with E-state index in [1.807, 2.05) is 48.9 Å². The average Bonchev–Trinajstić information content (AvgIpc) is 3.65. The molecule has 6 rings (SSSR count). The van der Waals surface area contributed by atoms with Gasteiger partial charge >= 0.3 is 16.0 Å². The lowest BCUT2D eigenvalue weighted by Crippen LogP contribution is -2.40. The minimum Gasteiger partial charge on any atom is -0.744 e. The van der Waals surface area contributed by atoms with Gasteiger partial charge in [0.25, 0.3) is 5.56 Å².